The lowest BCUT2D eigenvalue weighted by molar-refractivity contribution is -0.117. The van der Waals surface area contributed by atoms with Crippen molar-refractivity contribution in [1.29, 1.82) is 0 Å². The van der Waals surface area contributed by atoms with E-state index in [1.165, 1.54) is 0 Å². The molecule has 0 bridgehead atoms. The number of carbonyl (C=O) groups is 1. The highest BCUT2D eigenvalue weighted by atomic mass is 16.1. The zero-order valence-electron chi connectivity index (χ0n) is 8.90. The Labute approximate surface area is 75.7 Å². The fourth-order valence-corrected chi connectivity index (χ4v) is 1.23. The summed E-state index contributed by atoms with van der Waals surface area (Å²) in [7, 11) is 0. The number of Topliss-reactive ketones (excluding diaryl/α,β-unsaturated/α-hetero) is 1. The lowest BCUT2D eigenvalue weighted by atomic mass is 10.0. The molecule has 1 unspecified atom stereocenters. The van der Waals surface area contributed by atoms with Crippen LogP contribution in [-0.2, 0) is 4.79 Å². The molecule has 0 amide bonds. The van der Waals surface area contributed by atoms with E-state index < -0.39 is 0 Å². The van der Waals surface area contributed by atoms with Crippen molar-refractivity contribution >= 4 is 5.78 Å². The molecular weight excluding hydrogens is 150 g/mol. The van der Waals surface area contributed by atoms with Gasteiger partial charge in [0.1, 0.15) is 5.78 Å². The van der Waals surface area contributed by atoms with E-state index in [4.69, 9.17) is 0 Å². The van der Waals surface area contributed by atoms with Crippen LogP contribution >= 0.6 is 0 Å². The molecule has 72 valence electrons. The van der Waals surface area contributed by atoms with Gasteiger partial charge in [0, 0.05) is 18.0 Å². The Kier molecular flexibility index (Phi) is 4.46. The number of nitrogens with one attached hydrogen (secondary N) is 1. The maximum Gasteiger partial charge on any atom is 0.129 e. The van der Waals surface area contributed by atoms with E-state index in [0.29, 0.717) is 12.5 Å². The molecule has 0 heterocycles. The van der Waals surface area contributed by atoms with Gasteiger partial charge in [-0.15, -0.1) is 0 Å². The number of rotatable bonds is 4. The molecule has 2 heteroatoms. The molecular formula is C10H21NO. The first-order valence-electron chi connectivity index (χ1n) is 4.58. The lowest BCUT2D eigenvalue weighted by Gasteiger charge is -2.25. The number of ketones is 1. The van der Waals surface area contributed by atoms with Gasteiger partial charge in [-0.25, -0.2) is 0 Å². The first-order chi connectivity index (χ1) is 5.31. The van der Waals surface area contributed by atoms with Gasteiger partial charge in [0.25, 0.3) is 0 Å². The van der Waals surface area contributed by atoms with Gasteiger partial charge in [0.2, 0.25) is 0 Å². The van der Waals surface area contributed by atoms with Crippen LogP contribution in [0.1, 0.15) is 47.5 Å². The summed E-state index contributed by atoms with van der Waals surface area (Å²) in [6, 6.07) is 0.425. The van der Waals surface area contributed by atoms with E-state index in [1.54, 1.807) is 6.92 Å². The fraction of sp³-hybridized carbons (Fsp3) is 0.900. The van der Waals surface area contributed by atoms with Crippen LogP contribution in [0.2, 0.25) is 0 Å². The van der Waals surface area contributed by atoms with Gasteiger partial charge in [-0.2, -0.15) is 0 Å². The lowest BCUT2D eigenvalue weighted by Crippen LogP contribution is -2.42. The van der Waals surface area contributed by atoms with Gasteiger partial charge in [-0.3, -0.25) is 0 Å². The van der Waals surface area contributed by atoms with E-state index in [0.717, 1.165) is 6.42 Å². The number of hydrogen-bond acceptors (Lipinski definition) is 2. The van der Waals surface area contributed by atoms with Crippen molar-refractivity contribution in [1.82, 2.24) is 5.32 Å². The predicted molar refractivity (Wildman–Crippen MR) is 52.3 cm³/mol. The van der Waals surface area contributed by atoms with Gasteiger partial charge in [-0.1, -0.05) is 0 Å². The Balaban J connectivity index is 3.60. The zero-order valence-corrected chi connectivity index (χ0v) is 8.90. The summed E-state index contributed by atoms with van der Waals surface area (Å²) in [5, 5.41) is 3.42. The van der Waals surface area contributed by atoms with E-state index in [9.17, 15) is 4.79 Å². The molecule has 0 aliphatic rings. The molecule has 0 aliphatic heterocycles. The molecule has 0 saturated carbocycles. The first-order valence-corrected chi connectivity index (χ1v) is 4.58. The minimum absolute atomic E-state index is 0.149. The van der Waals surface area contributed by atoms with Crippen molar-refractivity contribution in [3.63, 3.8) is 0 Å². The van der Waals surface area contributed by atoms with Crippen LogP contribution in [0.4, 0.5) is 0 Å². The third-order valence-electron chi connectivity index (χ3n) is 1.61. The van der Waals surface area contributed by atoms with Crippen molar-refractivity contribution in [2.75, 3.05) is 0 Å². The molecule has 0 saturated heterocycles. The van der Waals surface area contributed by atoms with Crippen LogP contribution in [0.15, 0.2) is 0 Å². The second kappa shape index (κ2) is 4.61. The van der Waals surface area contributed by atoms with Crippen LogP contribution in [0.3, 0.4) is 0 Å². The van der Waals surface area contributed by atoms with E-state index >= 15 is 0 Å². The molecule has 0 fully saturated rings. The molecule has 0 aromatic heterocycles. The molecule has 0 aromatic rings. The summed E-state index contributed by atoms with van der Waals surface area (Å²) < 4.78 is 0. The summed E-state index contributed by atoms with van der Waals surface area (Å²) in [6.45, 7) is 10.2. The van der Waals surface area contributed by atoms with Crippen LogP contribution < -0.4 is 5.32 Å². The van der Waals surface area contributed by atoms with E-state index in [-0.39, 0.29) is 11.3 Å². The maximum atomic E-state index is 10.7. The Bertz CT molecular complexity index is 146. The second-order valence-electron chi connectivity index (χ2n) is 4.54. The summed E-state index contributed by atoms with van der Waals surface area (Å²) in [4.78, 5) is 10.7. The Morgan fingerprint density at radius 2 is 1.92 bits per heavy atom. The standard InChI is InChI=1S/C10H21NO/c1-8(6-7-9(2)12)11-10(3,4)5/h8,11H,6-7H2,1-5H3. The van der Waals surface area contributed by atoms with Gasteiger partial charge in [0.15, 0.2) is 0 Å². The largest absolute Gasteiger partial charge is 0.310 e. The smallest absolute Gasteiger partial charge is 0.129 e. The SMILES string of the molecule is CC(=O)CCC(C)NC(C)(C)C. The highest BCUT2D eigenvalue weighted by Crippen LogP contribution is 2.05. The minimum Gasteiger partial charge on any atom is -0.310 e. The minimum atomic E-state index is 0.149. The zero-order chi connectivity index (χ0) is 9.78. The summed E-state index contributed by atoms with van der Waals surface area (Å²) in [6.07, 6.45) is 1.62. The van der Waals surface area contributed by atoms with Gasteiger partial charge < -0.3 is 10.1 Å². The number of carbonyl (C=O) groups excluding carboxylic acids is 1. The van der Waals surface area contributed by atoms with Crippen molar-refractivity contribution in [2.24, 2.45) is 0 Å². The molecule has 0 radical (unpaired) electrons. The molecule has 0 spiro atoms. The Morgan fingerprint density at radius 1 is 1.42 bits per heavy atom. The first kappa shape index (κ1) is 11.6. The van der Waals surface area contributed by atoms with Gasteiger partial charge >= 0.3 is 0 Å². The van der Waals surface area contributed by atoms with Crippen molar-refractivity contribution < 1.29 is 4.79 Å². The van der Waals surface area contributed by atoms with Crippen LogP contribution in [0.25, 0.3) is 0 Å². The normalized spacial score (nSPS) is 14.4. The van der Waals surface area contributed by atoms with E-state index in [1.807, 2.05) is 0 Å². The van der Waals surface area contributed by atoms with Crippen LogP contribution in [0, 0.1) is 0 Å². The molecule has 12 heavy (non-hydrogen) atoms. The van der Waals surface area contributed by atoms with Crippen LogP contribution in [0.5, 0.6) is 0 Å². The highest BCUT2D eigenvalue weighted by Gasteiger charge is 2.13. The number of hydrogen-bond donors (Lipinski definition) is 1. The van der Waals surface area contributed by atoms with Gasteiger partial charge in [-0.05, 0) is 41.0 Å². The van der Waals surface area contributed by atoms with Crippen LogP contribution in [-0.4, -0.2) is 17.4 Å². The fourth-order valence-electron chi connectivity index (χ4n) is 1.23. The highest BCUT2D eigenvalue weighted by molar-refractivity contribution is 5.75. The summed E-state index contributed by atoms with van der Waals surface area (Å²) in [5.74, 6) is 0.276. The quantitative estimate of drug-likeness (QED) is 0.702. The third-order valence-corrected chi connectivity index (χ3v) is 1.61. The third kappa shape index (κ3) is 7.73. The monoisotopic (exact) mass is 171 g/mol. The average Bonchev–Trinajstić information content (AvgIpc) is 1.79. The Hall–Kier alpha value is -0.370. The molecule has 0 rings (SSSR count). The van der Waals surface area contributed by atoms with Crippen molar-refractivity contribution in [3.8, 4) is 0 Å². The molecule has 2 nitrogen and oxygen atoms in total. The van der Waals surface area contributed by atoms with Crippen molar-refractivity contribution in [2.45, 2.75) is 59.0 Å². The topological polar surface area (TPSA) is 29.1 Å². The maximum absolute atomic E-state index is 10.7. The van der Waals surface area contributed by atoms with E-state index in [2.05, 4.69) is 33.0 Å². The molecule has 1 N–H and O–H groups in total. The molecule has 0 aliphatic carbocycles. The molecule has 1 atom stereocenters. The molecule has 0 aromatic carbocycles. The Morgan fingerprint density at radius 3 is 2.25 bits per heavy atom. The summed E-state index contributed by atoms with van der Waals surface area (Å²) >= 11 is 0. The van der Waals surface area contributed by atoms with Gasteiger partial charge in [0.05, 0.1) is 0 Å². The predicted octanol–water partition coefficient (Wildman–Crippen LogP) is 2.13. The average molecular weight is 171 g/mol. The second-order valence-corrected chi connectivity index (χ2v) is 4.54. The van der Waals surface area contributed by atoms with Crippen molar-refractivity contribution in [3.05, 3.63) is 0 Å². The summed E-state index contributed by atoms with van der Waals surface area (Å²) in [5.41, 5.74) is 0.149.